The van der Waals surface area contributed by atoms with Gasteiger partial charge in [0.2, 0.25) is 0 Å². The van der Waals surface area contributed by atoms with Crippen LogP contribution in [0.5, 0.6) is 0 Å². The highest BCUT2D eigenvalue weighted by atomic mass is 32.2. The summed E-state index contributed by atoms with van der Waals surface area (Å²) in [6.45, 7) is 2.91. The molecule has 0 spiro atoms. The highest BCUT2D eigenvalue weighted by Crippen LogP contribution is 1.99. The molecule has 7 heteroatoms. The zero-order valence-corrected chi connectivity index (χ0v) is 11.7. The minimum absolute atomic E-state index is 0.121. The topological polar surface area (TPSA) is 87.7 Å². The van der Waals surface area contributed by atoms with Crippen molar-refractivity contribution in [1.29, 1.82) is 0 Å². The van der Waals surface area contributed by atoms with Crippen molar-refractivity contribution in [3.8, 4) is 0 Å². The van der Waals surface area contributed by atoms with Crippen molar-refractivity contribution in [2.75, 3.05) is 31.7 Å². The lowest BCUT2D eigenvalue weighted by atomic mass is 10.2. The number of carboxylic acids is 1. The number of carbonyl (C=O) groups is 2. The maximum absolute atomic E-state index is 11.3. The second kappa shape index (κ2) is 11.2. The molecule has 0 saturated heterocycles. The van der Waals surface area contributed by atoms with Gasteiger partial charge in [0.05, 0.1) is 12.5 Å². The Morgan fingerprint density at radius 1 is 1.39 bits per heavy atom. The number of hydrogen-bond acceptors (Lipinski definition) is 4. The van der Waals surface area contributed by atoms with Crippen LogP contribution < -0.4 is 10.6 Å². The zero-order valence-electron chi connectivity index (χ0n) is 10.9. The van der Waals surface area contributed by atoms with Crippen LogP contribution in [0.3, 0.4) is 0 Å². The molecule has 0 heterocycles. The Labute approximate surface area is 112 Å². The second-order valence-electron chi connectivity index (χ2n) is 3.64. The molecule has 6 nitrogen and oxygen atoms in total. The Hall–Kier alpha value is -0.950. The summed E-state index contributed by atoms with van der Waals surface area (Å²) in [5.41, 5.74) is 0. The number of nitrogens with one attached hydrogen (secondary N) is 2. The highest BCUT2D eigenvalue weighted by Gasteiger charge is 2.13. The molecule has 1 unspecified atom stereocenters. The fourth-order valence-corrected chi connectivity index (χ4v) is 1.86. The van der Waals surface area contributed by atoms with Gasteiger partial charge in [0.15, 0.2) is 0 Å². The molecule has 0 saturated carbocycles. The van der Waals surface area contributed by atoms with E-state index >= 15 is 0 Å². The van der Waals surface area contributed by atoms with Gasteiger partial charge in [-0.2, -0.15) is 11.8 Å². The summed E-state index contributed by atoms with van der Waals surface area (Å²) >= 11 is 1.83. The van der Waals surface area contributed by atoms with Crippen LogP contribution >= 0.6 is 11.8 Å². The summed E-state index contributed by atoms with van der Waals surface area (Å²) in [5.74, 6) is 1.16. The van der Waals surface area contributed by atoms with Crippen LogP contribution in [0.4, 0.5) is 4.79 Å². The highest BCUT2D eigenvalue weighted by molar-refractivity contribution is 7.99. The third-order valence-corrected chi connectivity index (χ3v) is 3.17. The summed E-state index contributed by atoms with van der Waals surface area (Å²) < 4.78 is 4.94. The first-order valence-corrected chi connectivity index (χ1v) is 7.09. The Morgan fingerprint density at radius 2 is 2.11 bits per heavy atom. The van der Waals surface area contributed by atoms with E-state index in [4.69, 9.17) is 9.84 Å². The number of rotatable bonds is 10. The van der Waals surface area contributed by atoms with Gasteiger partial charge in [-0.1, -0.05) is 6.92 Å². The van der Waals surface area contributed by atoms with Crippen molar-refractivity contribution in [2.45, 2.75) is 25.9 Å². The predicted molar refractivity (Wildman–Crippen MR) is 72.1 cm³/mol. The first kappa shape index (κ1) is 17.1. The standard InChI is InChI=1S/C11H22N2O4S/c1-3-18-6-4-5-12-11(16)13-8-9(17-2)7-10(14)15/h9H,3-8H2,1-2H3,(H,14,15)(H2,12,13,16). The van der Waals surface area contributed by atoms with Crippen molar-refractivity contribution in [2.24, 2.45) is 0 Å². The van der Waals surface area contributed by atoms with Crippen LogP contribution in [0.1, 0.15) is 19.8 Å². The number of thioether (sulfide) groups is 1. The normalized spacial score (nSPS) is 11.9. The lowest BCUT2D eigenvalue weighted by Crippen LogP contribution is -2.41. The van der Waals surface area contributed by atoms with E-state index in [2.05, 4.69) is 17.6 Å². The largest absolute Gasteiger partial charge is 0.481 e. The molecule has 2 amide bonds. The first-order valence-electron chi connectivity index (χ1n) is 5.94. The van der Waals surface area contributed by atoms with Gasteiger partial charge in [0.25, 0.3) is 0 Å². The van der Waals surface area contributed by atoms with E-state index in [-0.39, 0.29) is 19.0 Å². The number of aliphatic carboxylic acids is 1. The van der Waals surface area contributed by atoms with Gasteiger partial charge in [0.1, 0.15) is 0 Å². The van der Waals surface area contributed by atoms with E-state index in [0.29, 0.717) is 6.54 Å². The number of ether oxygens (including phenoxy) is 1. The summed E-state index contributed by atoms with van der Waals surface area (Å²) in [6.07, 6.45) is 0.308. The Bertz CT molecular complexity index is 251. The molecule has 0 aromatic heterocycles. The maximum atomic E-state index is 11.3. The lowest BCUT2D eigenvalue weighted by Gasteiger charge is -2.14. The molecular formula is C11H22N2O4S. The summed E-state index contributed by atoms with van der Waals surface area (Å²) in [6, 6.07) is -0.288. The minimum atomic E-state index is -0.944. The SMILES string of the molecule is CCSCCCNC(=O)NCC(CC(=O)O)OC. The van der Waals surface area contributed by atoms with Crippen LogP contribution in [0, 0.1) is 0 Å². The fourth-order valence-electron chi connectivity index (χ4n) is 1.22. The van der Waals surface area contributed by atoms with Gasteiger partial charge >= 0.3 is 12.0 Å². The van der Waals surface area contributed by atoms with Gasteiger partial charge in [-0.05, 0) is 17.9 Å². The molecule has 106 valence electrons. The zero-order chi connectivity index (χ0) is 13.8. The fraction of sp³-hybridized carbons (Fsp3) is 0.818. The van der Waals surface area contributed by atoms with Gasteiger partial charge < -0.3 is 20.5 Å². The van der Waals surface area contributed by atoms with Crippen molar-refractivity contribution < 1.29 is 19.4 Å². The number of hydrogen-bond donors (Lipinski definition) is 3. The van der Waals surface area contributed by atoms with Crippen LogP contribution in [0.2, 0.25) is 0 Å². The van der Waals surface area contributed by atoms with E-state index in [1.807, 2.05) is 11.8 Å². The molecular weight excluding hydrogens is 256 g/mol. The molecule has 0 radical (unpaired) electrons. The van der Waals surface area contributed by atoms with Gasteiger partial charge in [-0.15, -0.1) is 0 Å². The van der Waals surface area contributed by atoms with Gasteiger partial charge in [-0.25, -0.2) is 4.79 Å². The van der Waals surface area contributed by atoms with Crippen molar-refractivity contribution >= 4 is 23.8 Å². The average Bonchev–Trinajstić information content (AvgIpc) is 2.33. The van der Waals surface area contributed by atoms with E-state index in [1.54, 1.807) is 0 Å². The number of methoxy groups -OCH3 is 1. The molecule has 0 fully saturated rings. The number of carbonyl (C=O) groups excluding carboxylic acids is 1. The van der Waals surface area contributed by atoms with Crippen molar-refractivity contribution in [1.82, 2.24) is 10.6 Å². The molecule has 0 aromatic carbocycles. The Morgan fingerprint density at radius 3 is 2.67 bits per heavy atom. The molecule has 0 aromatic rings. The van der Waals surface area contributed by atoms with Gasteiger partial charge in [-0.3, -0.25) is 4.79 Å². The summed E-state index contributed by atoms with van der Waals surface area (Å²) in [5, 5.41) is 13.9. The van der Waals surface area contributed by atoms with Gasteiger partial charge in [0, 0.05) is 20.2 Å². The van der Waals surface area contributed by atoms with E-state index < -0.39 is 12.1 Å². The quantitative estimate of drug-likeness (QED) is 0.517. The predicted octanol–water partition coefficient (Wildman–Crippen LogP) is 0.918. The number of urea groups is 1. The smallest absolute Gasteiger partial charge is 0.314 e. The third-order valence-electron chi connectivity index (χ3n) is 2.18. The van der Waals surface area contributed by atoms with Crippen LogP contribution in [0.15, 0.2) is 0 Å². The number of carboxylic acid groups (broad SMARTS) is 1. The molecule has 3 N–H and O–H groups in total. The van der Waals surface area contributed by atoms with Crippen molar-refractivity contribution in [3.63, 3.8) is 0 Å². The number of amides is 2. The molecule has 0 aliphatic carbocycles. The molecule has 18 heavy (non-hydrogen) atoms. The minimum Gasteiger partial charge on any atom is -0.481 e. The second-order valence-corrected chi connectivity index (χ2v) is 5.04. The molecule has 1 atom stereocenters. The maximum Gasteiger partial charge on any atom is 0.314 e. The molecule has 0 aliphatic rings. The molecule has 0 rings (SSSR count). The molecule has 0 aliphatic heterocycles. The van der Waals surface area contributed by atoms with Crippen molar-refractivity contribution in [3.05, 3.63) is 0 Å². The monoisotopic (exact) mass is 278 g/mol. The van der Waals surface area contributed by atoms with Crippen LogP contribution in [-0.4, -0.2) is 54.9 Å². The van der Waals surface area contributed by atoms with Crippen LogP contribution in [0.25, 0.3) is 0 Å². The van der Waals surface area contributed by atoms with E-state index in [1.165, 1.54) is 7.11 Å². The van der Waals surface area contributed by atoms with E-state index in [9.17, 15) is 9.59 Å². The summed E-state index contributed by atoms with van der Waals surface area (Å²) in [7, 11) is 1.43. The third kappa shape index (κ3) is 10.2. The van der Waals surface area contributed by atoms with Crippen LogP contribution in [-0.2, 0) is 9.53 Å². The Kier molecular flexibility index (Phi) is 10.6. The lowest BCUT2D eigenvalue weighted by molar-refractivity contribution is -0.139. The average molecular weight is 278 g/mol. The molecule has 0 bridgehead atoms. The van der Waals surface area contributed by atoms with E-state index in [0.717, 1.165) is 17.9 Å². The summed E-state index contributed by atoms with van der Waals surface area (Å²) in [4.78, 5) is 21.8. The Balaban J connectivity index is 3.58. The first-order chi connectivity index (χ1) is 8.60.